The Morgan fingerprint density at radius 3 is 2.79 bits per heavy atom. The molecule has 2 aromatic rings. The van der Waals surface area contributed by atoms with Crippen LogP contribution in [0.15, 0.2) is 18.2 Å². The number of H-pyrrole nitrogens is 1. The second-order valence-corrected chi connectivity index (χ2v) is 4.93. The Morgan fingerprint density at radius 2 is 2.05 bits per heavy atom. The summed E-state index contributed by atoms with van der Waals surface area (Å²) in [5.74, 6) is 0.971. The van der Waals surface area contributed by atoms with Crippen molar-refractivity contribution in [2.24, 2.45) is 0 Å². The van der Waals surface area contributed by atoms with E-state index in [-0.39, 0.29) is 0 Å². The molecule has 4 nitrogen and oxygen atoms in total. The predicted molar refractivity (Wildman–Crippen MR) is 81.7 cm³/mol. The number of fused-ring (bicyclic) bond motifs is 1. The van der Waals surface area contributed by atoms with Crippen molar-refractivity contribution >= 4 is 16.7 Å². The third kappa shape index (κ3) is 3.47. The van der Waals surface area contributed by atoms with Crippen molar-refractivity contribution in [3.63, 3.8) is 0 Å². The molecule has 1 heterocycles. The van der Waals surface area contributed by atoms with Gasteiger partial charge in [0.1, 0.15) is 0 Å². The van der Waals surface area contributed by atoms with Crippen molar-refractivity contribution in [3.05, 3.63) is 23.8 Å². The monoisotopic (exact) mass is 260 g/mol. The van der Waals surface area contributed by atoms with E-state index in [2.05, 4.69) is 59.4 Å². The third-order valence-corrected chi connectivity index (χ3v) is 3.56. The summed E-state index contributed by atoms with van der Waals surface area (Å²) >= 11 is 0. The number of rotatable bonds is 7. The Hall–Kier alpha value is -1.55. The van der Waals surface area contributed by atoms with Gasteiger partial charge >= 0.3 is 0 Å². The largest absolute Gasteiger partial charge is 0.368 e. The van der Waals surface area contributed by atoms with Crippen LogP contribution in [0.2, 0.25) is 0 Å². The van der Waals surface area contributed by atoms with Crippen molar-refractivity contribution in [1.29, 1.82) is 0 Å². The number of hydrogen-bond donors (Lipinski definition) is 2. The van der Waals surface area contributed by atoms with Crippen molar-refractivity contribution in [3.8, 4) is 0 Å². The Kier molecular flexibility index (Phi) is 4.80. The van der Waals surface area contributed by atoms with Gasteiger partial charge in [-0.3, -0.25) is 5.10 Å². The van der Waals surface area contributed by atoms with Gasteiger partial charge < -0.3 is 10.2 Å². The summed E-state index contributed by atoms with van der Waals surface area (Å²) in [5, 5.41) is 12.0. The van der Waals surface area contributed by atoms with Crippen LogP contribution < -0.4 is 5.32 Å². The third-order valence-electron chi connectivity index (χ3n) is 3.56. The van der Waals surface area contributed by atoms with Gasteiger partial charge in [0, 0.05) is 11.9 Å². The molecule has 0 aliphatic rings. The maximum atomic E-state index is 4.34. The quantitative estimate of drug-likeness (QED) is 0.752. The lowest BCUT2D eigenvalue weighted by molar-refractivity contribution is 0.303. The van der Waals surface area contributed by atoms with Crippen LogP contribution in [-0.2, 0) is 0 Å². The molecule has 0 aliphatic carbocycles. The molecule has 0 saturated carbocycles. The van der Waals surface area contributed by atoms with E-state index in [9.17, 15) is 0 Å². The zero-order valence-electron chi connectivity index (χ0n) is 12.2. The number of benzene rings is 1. The lowest BCUT2D eigenvalue weighted by Gasteiger charge is -2.17. The molecule has 1 aromatic carbocycles. The highest BCUT2D eigenvalue weighted by Crippen LogP contribution is 2.21. The minimum atomic E-state index is 0.963. The Labute approximate surface area is 115 Å². The van der Waals surface area contributed by atoms with Gasteiger partial charge in [0.05, 0.1) is 5.52 Å². The summed E-state index contributed by atoms with van der Waals surface area (Å²) in [6.45, 7) is 10.9. The summed E-state index contributed by atoms with van der Waals surface area (Å²) in [6, 6.07) is 6.36. The van der Waals surface area contributed by atoms with Gasteiger partial charge in [-0.25, -0.2) is 0 Å². The number of anilines is 1. The van der Waals surface area contributed by atoms with Crippen LogP contribution >= 0.6 is 0 Å². The van der Waals surface area contributed by atoms with Gasteiger partial charge in [0.25, 0.3) is 0 Å². The summed E-state index contributed by atoms with van der Waals surface area (Å²) < 4.78 is 0. The lowest BCUT2D eigenvalue weighted by Crippen LogP contribution is -2.25. The molecule has 0 atom stereocenters. The normalized spacial score (nSPS) is 11.4. The first kappa shape index (κ1) is 13.9. The zero-order valence-corrected chi connectivity index (χ0v) is 12.2. The molecule has 0 amide bonds. The average Bonchev–Trinajstić information content (AvgIpc) is 2.81. The van der Waals surface area contributed by atoms with Gasteiger partial charge in [-0.15, -0.1) is 0 Å². The second kappa shape index (κ2) is 6.57. The smallest absolute Gasteiger partial charge is 0.155 e. The summed E-state index contributed by atoms with van der Waals surface area (Å²) in [5.41, 5.74) is 2.36. The van der Waals surface area contributed by atoms with E-state index >= 15 is 0 Å². The fourth-order valence-corrected chi connectivity index (χ4v) is 2.31. The maximum Gasteiger partial charge on any atom is 0.155 e. The lowest BCUT2D eigenvalue weighted by atomic mass is 10.2. The number of aromatic amines is 1. The van der Waals surface area contributed by atoms with Gasteiger partial charge in [-0.2, -0.15) is 5.10 Å². The van der Waals surface area contributed by atoms with Gasteiger partial charge in [-0.1, -0.05) is 25.5 Å². The molecule has 0 aliphatic heterocycles. The van der Waals surface area contributed by atoms with Crippen LogP contribution in [0.1, 0.15) is 25.8 Å². The minimum absolute atomic E-state index is 0.963. The predicted octanol–water partition coefficient (Wildman–Crippen LogP) is 3.02. The summed E-state index contributed by atoms with van der Waals surface area (Å²) in [6.07, 6.45) is 1.14. The van der Waals surface area contributed by atoms with E-state index in [1.165, 1.54) is 10.9 Å². The molecule has 104 valence electrons. The van der Waals surface area contributed by atoms with E-state index < -0.39 is 0 Å². The summed E-state index contributed by atoms with van der Waals surface area (Å²) in [7, 11) is 0. The van der Waals surface area contributed by atoms with Crippen molar-refractivity contribution < 1.29 is 0 Å². The Balaban J connectivity index is 1.89. The molecule has 2 N–H and O–H groups in total. The molecule has 0 saturated heterocycles. The highest BCUT2D eigenvalue weighted by Gasteiger charge is 2.05. The molecule has 4 heteroatoms. The van der Waals surface area contributed by atoms with Gasteiger partial charge in [0.2, 0.25) is 0 Å². The van der Waals surface area contributed by atoms with Crippen LogP contribution in [0, 0.1) is 6.92 Å². The van der Waals surface area contributed by atoms with E-state index in [0.29, 0.717) is 0 Å². The van der Waals surface area contributed by atoms with Gasteiger partial charge in [-0.05, 0) is 45.1 Å². The number of nitrogens with zero attached hydrogens (tertiary/aromatic N) is 2. The van der Waals surface area contributed by atoms with E-state index in [1.54, 1.807) is 0 Å². The van der Waals surface area contributed by atoms with Crippen LogP contribution in [0.4, 0.5) is 5.82 Å². The highest BCUT2D eigenvalue weighted by atomic mass is 15.2. The number of nitrogens with one attached hydrogen (secondary N) is 2. The minimum Gasteiger partial charge on any atom is -0.368 e. The standard InChI is InChI=1S/C15H24N4/c1-4-19(5-2)10-6-9-16-15-13-11-12(3)7-8-14(13)17-18-15/h7-8,11H,4-6,9-10H2,1-3H3,(H2,16,17,18). The van der Waals surface area contributed by atoms with Crippen LogP contribution in [0.25, 0.3) is 10.9 Å². The molecule has 0 fully saturated rings. The SMILES string of the molecule is CCN(CC)CCCNc1n[nH]c2ccc(C)cc12. The molecular weight excluding hydrogens is 236 g/mol. The van der Waals surface area contributed by atoms with Gasteiger partial charge in [0.15, 0.2) is 5.82 Å². The Morgan fingerprint density at radius 1 is 1.26 bits per heavy atom. The zero-order chi connectivity index (χ0) is 13.7. The van der Waals surface area contributed by atoms with E-state index in [0.717, 1.165) is 43.9 Å². The first-order chi connectivity index (χ1) is 9.24. The van der Waals surface area contributed by atoms with Crippen molar-refractivity contribution in [2.45, 2.75) is 27.2 Å². The maximum absolute atomic E-state index is 4.34. The molecule has 19 heavy (non-hydrogen) atoms. The Bertz CT molecular complexity index is 514. The fraction of sp³-hybridized carbons (Fsp3) is 0.533. The molecule has 1 aromatic heterocycles. The molecule has 0 radical (unpaired) electrons. The number of hydrogen-bond acceptors (Lipinski definition) is 3. The van der Waals surface area contributed by atoms with Crippen LogP contribution in [0.3, 0.4) is 0 Å². The summed E-state index contributed by atoms with van der Waals surface area (Å²) in [4.78, 5) is 2.44. The number of aryl methyl sites for hydroxylation is 1. The van der Waals surface area contributed by atoms with E-state index in [1.807, 2.05) is 0 Å². The fourth-order valence-electron chi connectivity index (χ4n) is 2.31. The molecule has 0 unspecified atom stereocenters. The molecule has 2 rings (SSSR count). The topological polar surface area (TPSA) is 44.0 Å². The second-order valence-electron chi connectivity index (χ2n) is 4.93. The molecular formula is C15H24N4. The average molecular weight is 260 g/mol. The molecule has 0 spiro atoms. The highest BCUT2D eigenvalue weighted by molar-refractivity contribution is 5.90. The number of aromatic nitrogens is 2. The first-order valence-electron chi connectivity index (χ1n) is 7.15. The van der Waals surface area contributed by atoms with Crippen LogP contribution in [-0.4, -0.2) is 41.3 Å². The van der Waals surface area contributed by atoms with E-state index in [4.69, 9.17) is 0 Å². The van der Waals surface area contributed by atoms with Crippen molar-refractivity contribution in [2.75, 3.05) is 31.5 Å². The van der Waals surface area contributed by atoms with Crippen LogP contribution in [0.5, 0.6) is 0 Å². The molecule has 0 bridgehead atoms. The first-order valence-corrected chi connectivity index (χ1v) is 7.15. The van der Waals surface area contributed by atoms with Crippen molar-refractivity contribution in [1.82, 2.24) is 15.1 Å².